The van der Waals surface area contributed by atoms with Gasteiger partial charge in [-0.1, -0.05) is 30.3 Å². The van der Waals surface area contributed by atoms with Crippen molar-refractivity contribution in [3.05, 3.63) is 60.2 Å². The lowest BCUT2D eigenvalue weighted by Gasteiger charge is -2.14. The second-order valence-electron chi connectivity index (χ2n) is 6.06. The Hall–Kier alpha value is -3.74. The molecule has 3 aromatic carbocycles. The van der Waals surface area contributed by atoms with Crippen LogP contribution in [-0.4, -0.2) is 39.8 Å². The van der Waals surface area contributed by atoms with Crippen LogP contribution in [0.3, 0.4) is 0 Å². The van der Waals surface area contributed by atoms with Gasteiger partial charge in [-0.15, -0.1) is 0 Å². The molecule has 0 aromatic heterocycles. The van der Waals surface area contributed by atoms with Gasteiger partial charge in [-0.05, 0) is 23.6 Å². The number of ether oxygens (including phenoxy) is 4. The van der Waals surface area contributed by atoms with E-state index in [9.17, 15) is 9.59 Å². The summed E-state index contributed by atoms with van der Waals surface area (Å²) in [5.74, 6) is 0.416. The lowest BCUT2D eigenvalue weighted by Crippen LogP contribution is -2.21. The molecule has 0 aliphatic carbocycles. The number of carbonyl (C=O) groups excluding carboxylic acids is 2. The minimum absolute atomic E-state index is 0.251. The number of anilines is 1. The molecule has 150 valence electrons. The first-order chi connectivity index (χ1) is 14.1. The van der Waals surface area contributed by atoms with Crippen molar-refractivity contribution >= 4 is 28.3 Å². The van der Waals surface area contributed by atoms with Gasteiger partial charge in [0.2, 0.25) is 0 Å². The highest BCUT2D eigenvalue weighted by atomic mass is 16.5. The van der Waals surface area contributed by atoms with Crippen LogP contribution in [0, 0.1) is 0 Å². The molecule has 0 bridgehead atoms. The zero-order chi connectivity index (χ0) is 20.8. The fourth-order valence-electron chi connectivity index (χ4n) is 2.89. The molecule has 0 saturated heterocycles. The van der Waals surface area contributed by atoms with Gasteiger partial charge in [0.1, 0.15) is 22.8 Å². The minimum atomic E-state index is -0.539. The van der Waals surface area contributed by atoms with Gasteiger partial charge in [0, 0.05) is 11.5 Å². The molecule has 3 rings (SSSR count). The van der Waals surface area contributed by atoms with Gasteiger partial charge in [0.25, 0.3) is 5.91 Å². The average molecular weight is 395 g/mol. The number of rotatable bonds is 7. The number of amides is 1. The van der Waals surface area contributed by atoms with E-state index < -0.39 is 11.9 Å². The maximum absolute atomic E-state index is 12.5. The molecule has 7 nitrogen and oxygen atoms in total. The standard InChI is InChI=1S/C22H21NO6/c1-26-15-9-11-18(19(12-15)27-2)23-20(24)13-29-21-16-7-5-4-6-14(16)8-10-17(21)22(25)28-3/h4-12H,13H2,1-3H3,(H,23,24). The van der Waals surface area contributed by atoms with Crippen LogP contribution in [0.25, 0.3) is 10.8 Å². The Morgan fingerprint density at radius 2 is 1.72 bits per heavy atom. The predicted molar refractivity (Wildman–Crippen MR) is 109 cm³/mol. The zero-order valence-electron chi connectivity index (χ0n) is 16.4. The summed E-state index contributed by atoms with van der Waals surface area (Å²) in [5.41, 5.74) is 0.731. The van der Waals surface area contributed by atoms with Gasteiger partial charge in [0.15, 0.2) is 6.61 Å². The Morgan fingerprint density at radius 3 is 2.45 bits per heavy atom. The van der Waals surface area contributed by atoms with Crippen molar-refractivity contribution in [2.45, 2.75) is 0 Å². The number of carbonyl (C=O) groups is 2. The van der Waals surface area contributed by atoms with Crippen LogP contribution in [0.15, 0.2) is 54.6 Å². The van der Waals surface area contributed by atoms with Crippen LogP contribution in [0.5, 0.6) is 17.2 Å². The molecule has 0 aliphatic heterocycles. The molecule has 1 N–H and O–H groups in total. The Balaban J connectivity index is 1.81. The summed E-state index contributed by atoms with van der Waals surface area (Å²) in [5, 5.41) is 4.33. The van der Waals surface area contributed by atoms with Crippen LogP contribution < -0.4 is 19.5 Å². The van der Waals surface area contributed by atoms with Crippen molar-refractivity contribution in [3.63, 3.8) is 0 Å². The van der Waals surface area contributed by atoms with Crippen molar-refractivity contribution in [1.29, 1.82) is 0 Å². The number of esters is 1. The van der Waals surface area contributed by atoms with E-state index in [1.165, 1.54) is 14.2 Å². The molecule has 1 amide bonds. The van der Waals surface area contributed by atoms with Crippen molar-refractivity contribution in [3.8, 4) is 17.2 Å². The molecule has 7 heteroatoms. The third kappa shape index (κ3) is 4.40. The molecular formula is C22H21NO6. The molecule has 0 unspecified atom stereocenters. The van der Waals surface area contributed by atoms with Crippen molar-refractivity contribution < 1.29 is 28.5 Å². The molecule has 3 aromatic rings. The fraction of sp³-hybridized carbons (Fsp3) is 0.182. The number of benzene rings is 3. The topological polar surface area (TPSA) is 83.1 Å². The van der Waals surface area contributed by atoms with Gasteiger partial charge >= 0.3 is 5.97 Å². The summed E-state index contributed by atoms with van der Waals surface area (Å²) < 4.78 is 21.0. The maximum Gasteiger partial charge on any atom is 0.341 e. The third-order valence-electron chi connectivity index (χ3n) is 4.32. The van der Waals surface area contributed by atoms with Gasteiger partial charge < -0.3 is 24.3 Å². The fourth-order valence-corrected chi connectivity index (χ4v) is 2.89. The summed E-state index contributed by atoms with van der Waals surface area (Å²) in [4.78, 5) is 24.6. The van der Waals surface area contributed by atoms with Crippen LogP contribution in [0.1, 0.15) is 10.4 Å². The SMILES string of the molecule is COC(=O)c1ccc2ccccc2c1OCC(=O)Nc1ccc(OC)cc1OC. The van der Waals surface area contributed by atoms with Gasteiger partial charge in [-0.25, -0.2) is 4.79 Å². The average Bonchev–Trinajstić information content (AvgIpc) is 2.76. The number of fused-ring (bicyclic) bond motifs is 1. The number of hydrogen-bond donors (Lipinski definition) is 1. The summed E-state index contributed by atoms with van der Waals surface area (Å²) >= 11 is 0. The van der Waals surface area contributed by atoms with E-state index in [2.05, 4.69) is 5.32 Å². The number of hydrogen-bond acceptors (Lipinski definition) is 6. The Labute approximate surface area is 168 Å². The quantitative estimate of drug-likeness (QED) is 0.615. The van der Waals surface area contributed by atoms with E-state index in [0.717, 1.165) is 5.39 Å². The molecular weight excluding hydrogens is 374 g/mol. The van der Waals surface area contributed by atoms with Gasteiger partial charge in [-0.3, -0.25) is 4.79 Å². The number of nitrogens with one attached hydrogen (secondary N) is 1. The van der Waals surface area contributed by atoms with E-state index in [0.29, 0.717) is 28.3 Å². The molecule has 0 saturated carbocycles. The van der Waals surface area contributed by atoms with Crippen LogP contribution in [-0.2, 0) is 9.53 Å². The Bertz CT molecular complexity index is 1050. The van der Waals surface area contributed by atoms with Crippen LogP contribution >= 0.6 is 0 Å². The first-order valence-corrected chi connectivity index (χ1v) is 8.82. The third-order valence-corrected chi connectivity index (χ3v) is 4.32. The predicted octanol–water partition coefficient (Wildman–Crippen LogP) is 3.66. The van der Waals surface area contributed by atoms with Crippen LogP contribution in [0.4, 0.5) is 5.69 Å². The Morgan fingerprint density at radius 1 is 0.931 bits per heavy atom. The van der Waals surface area contributed by atoms with E-state index in [1.807, 2.05) is 24.3 Å². The second-order valence-corrected chi connectivity index (χ2v) is 6.06. The summed E-state index contributed by atoms with van der Waals surface area (Å²) in [6.07, 6.45) is 0. The highest BCUT2D eigenvalue weighted by Crippen LogP contribution is 2.31. The summed E-state index contributed by atoms with van der Waals surface area (Å²) in [7, 11) is 4.34. The van der Waals surface area contributed by atoms with E-state index >= 15 is 0 Å². The Kier molecular flexibility index (Phi) is 6.19. The maximum atomic E-state index is 12.5. The second kappa shape index (κ2) is 8.97. The molecule has 0 heterocycles. The van der Waals surface area contributed by atoms with E-state index in [4.69, 9.17) is 18.9 Å². The first-order valence-electron chi connectivity index (χ1n) is 8.82. The molecule has 0 fully saturated rings. The van der Waals surface area contributed by atoms with Gasteiger partial charge in [-0.2, -0.15) is 0 Å². The number of methoxy groups -OCH3 is 3. The van der Waals surface area contributed by atoms with Crippen molar-refractivity contribution in [2.75, 3.05) is 33.3 Å². The smallest absolute Gasteiger partial charge is 0.341 e. The van der Waals surface area contributed by atoms with E-state index in [1.54, 1.807) is 37.4 Å². The summed E-state index contributed by atoms with van der Waals surface area (Å²) in [6.45, 7) is -0.298. The lowest BCUT2D eigenvalue weighted by molar-refractivity contribution is -0.118. The molecule has 0 spiro atoms. The minimum Gasteiger partial charge on any atom is -0.497 e. The first kappa shape index (κ1) is 20.0. The monoisotopic (exact) mass is 395 g/mol. The zero-order valence-corrected chi connectivity index (χ0v) is 16.4. The molecule has 29 heavy (non-hydrogen) atoms. The molecule has 0 atom stereocenters. The summed E-state index contributed by atoms with van der Waals surface area (Å²) in [6, 6.07) is 15.9. The van der Waals surface area contributed by atoms with Crippen LogP contribution in [0.2, 0.25) is 0 Å². The van der Waals surface area contributed by atoms with Crippen molar-refractivity contribution in [1.82, 2.24) is 0 Å². The highest BCUT2D eigenvalue weighted by Gasteiger charge is 2.18. The largest absolute Gasteiger partial charge is 0.497 e. The lowest BCUT2D eigenvalue weighted by atomic mass is 10.1. The molecule has 0 aliphatic rings. The molecule has 0 radical (unpaired) electrons. The normalized spacial score (nSPS) is 10.3. The highest BCUT2D eigenvalue weighted by molar-refractivity contribution is 6.02. The van der Waals surface area contributed by atoms with Gasteiger partial charge in [0.05, 0.1) is 27.0 Å². The van der Waals surface area contributed by atoms with Crippen molar-refractivity contribution in [2.24, 2.45) is 0 Å². The van der Waals surface area contributed by atoms with E-state index in [-0.39, 0.29) is 12.2 Å².